The van der Waals surface area contributed by atoms with Gasteiger partial charge in [0.25, 0.3) is 0 Å². The number of aromatic nitrogens is 4. The Morgan fingerprint density at radius 3 is 2.61 bits per heavy atom. The minimum Gasteiger partial charge on any atom is -0.368 e. The summed E-state index contributed by atoms with van der Waals surface area (Å²) in [6, 6.07) is 9.04. The van der Waals surface area contributed by atoms with Crippen molar-refractivity contribution in [3.63, 3.8) is 0 Å². The molecule has 0 aliphatic heterocycles. The smallest absolute Gasteiger partial charge is 0.368 e. The van der Waals surface area contributed by atoms with Gasteiger partial charge in [0.2, 0.25) is 11.9 Å². The van der Waals surface area contributed by atoms with Gasteiger partial charge in [-0.05, 0) is 24.3 Å². The molecule has 4 rings (SSSR count). The standard InChI is InChI=1S/C21H13F4N7O/c22-15-11(2-1-3-14(15)21(23,24)25)8-32-9-29-17-16(30-20(28)31-19(17)32)12-4-10(7-26)5-13(6-12)18(27)33/h1-6,9H,8H2,(H2,27,33)(H2,28,30,31). The molecule has 0 unspecified atom stereocenters. The molecular weight excluding hydrogens is 442 g/mol. The first-order chi connectivity index (χ1) is 15.6. The van der Waals surface area contributed by atoms with Gasteiger partial charge >= 0.3 is 6.18 Å². The lowest BCUT2D eigenvalue weighted by atomic mass is 10.0. The lowest BCUT2D eigenvalue weighted by Crippen LogP contribution is -2.12. The highest BCUT2D eigenvalue weighted by Crippen LogP contribution is 2.33. The van der Waals surface area contributed by atoms with Crippen LogP contribution in [-0.2, 0) is 12.7 Å². The second-order valence-electron chi connectivity index (χ2n) is 7.03. The number of fused-ring (bicyclic) bond motifs is 1. The highest BCUT2D eigenvalue weighted by molar-refractivity contribution is 5.96. The molecular formula is C21H13F4N7O. The fourth-order valence-electron chi connectivity index (χ4n) is 3.35. The number of rotatable bonds is 4. The van der Waals surface area contributed by atoms with Crippen LogP contribution in [0.25, 0.3) is 22.4 Å². The summed E-state index contributed by atoms with van der Waals surface area (Å²) in [5.74, 6) is -2.37. The maximum Gasteiger partial charge on any atom is 0.419 e. The van der Waals surface area contributed by atoms with E-state index >= 15 is 0 Å². The lowest BCUT2D eigenvalue weighted by Gasteiger charge is -2.12. The minimum atomic E-state index is -4.85. The maximum absolute atomic E-state index is 14.5. The topological polar surface area (TPSA) is 136 Å². The largest absolute Gasteiger partial charge is 0.419 e. The van der Waals surface area contributed by atoms with Crippen molar-refractivity contribution in [1.82, 2.24) is 19.5 Å². The van der Waals surface area contributed by atoms with Crippen LogP contribution < -0.4 is 11.5 Å². The van der Waals surface area contributed by atoms with E-state index in [0.717, 1.165) is 6.07 Å². The van der Waals surface area contributed by atoms with Crippen LogP contribution in [0.3, 0.4) is 0 Å². The highest BCUT2D eigenvalue weighted by atomic mass is 19.4. The van der Waals surface area contributed by atoms with E-state index in [4.69, 9.17) is 11.5 Å². The summed E-state index contributed by atoms with van der Waals surface area (Å²) in [7, 11) is 0. The van der Waals surface area contributed by atoms with Gasteiger partial charge in [0, 0.05) is 16.7 Å². The van der Waals surface area contributed by atoms with E-state index in [2.05, 4.69) is 15.0 Å². The molecule has 0 aliphatic carbocycles. The molecule has 4 aromatic rings. The summed E-state index contributed by atoms with van der Waals surface area (Å²) in [4.78, 5) is 24.1. The molecule has 0 saturated heterocycles. The maximum atomic E-state index is 14.5. The summed E-state index contributed by atoms with van der Waals surface area (Å²) in [6.07, 6.45) is -3.59. The van der Waals surface area contributed by atoms with Gasteiger partial charge < -0.3 is 16.0 Å². The van der Waals surface area contributed by atoms with Crippen molar-refractivity contribution in [3.8, 4) is 17.3 Å². The number of primary amides is 1. The van der Waals surface area contributed by atoms with Crippen LogP contribution >= 0.6 is 0 Å². The molecule has 0 radical (unpaired) electrons. The number of halogens is 4. The van der Waals surface area contributed by atoms with Crippen LogP contribution in [0, 0.1) is 17.1 Å². The van der Waals surface area contributed by atoms with Crippen molar-refractivity contribution < 1.29 is 22.4 Å². The van der Waals surface area contributed by atoms with Crippen LogP contribution in [0.15, 0.2) is 42.7 Å². The number of hydrogen-bond donors (Lipinski definition) is 2. The molecule has 33 heavy (non-hydrogen) atoms. The molecule has 0 spiro atoms. The summed E-state index contributed by atoms with van der Waals surface area (Å²) in [6.45, 7) is -0.313. The monoisotopic (exact) mass is 455 g/mol. The van der Waals surface area contributed by atoms with E-state index in [0.29, 0.717) is 11.6 Å². The first kappa shape index (κ1) is 21.7. The Kier molecular flexibility index (Phi) is 5.17. The number of anilines is 1. The SMILES string of the molecule is N#Cc1cc(C(N)=O)cc(-c2nc(N)nc3c2ncn3Cc2cccc(C(F)(F)F)c2F)c1. The van der Waals surface area contributed by atoms with Crippen LogP contribution in [0.4, 0.5) is 23.5 Å². The number of nitrogens with zero attached hydrogens (tertiary/aromatic N) is 5. The number of amides is 1. The quantitative estimate of drug-likeness (QED) is 0.453. The Balaban J connectivity index is 1.85. The van der Waals surface area contributed by atoms with E-state index in [9.17, 15) is 27.6 Å². The zero-order valence-electron chi connectivity index (χ0n) is 16.6. The lowest BCUT2D eigenvalue weighted by molar-refractivity contribution is -0.140. The van der Waals surface area contributed by atoms with E-state index in [1.807, 2.05) is 6.07 Å². The third-order valence-electron chi connectivity index (χ3n) is 4.83. The average molecular weight is 455 g/mol. The molecule has 166 valence electrons. The summed E-state index contributed by atoms with van der Waals surface area (Å²) >= 11 is 0. The number of hydrogen-bond acceptors (Lipinski definition) is 6. The number of alkyl halides is 3. The zero-order chi connectivity index (χ0) is 23.9. The van der Waals surface area contributed by atoms with Crippen LogP contribution in [0.5, 0.6) is 0 Å². The van der Waals surface area contributed by atoms with Crippen LogP contribution in [-0.4, -0.2) is 25.4 Å². The third-order valence-corrected chi connectivity index (χ3v) is 4.83. The van der Waals surface area contributed by atoms with Crippen LogP contribution in [0.1, 0.15) is 27.0 Å². The molecule has 0 saturated carbocycles. The molecule has 2 aromatic heterocycles. The third kappa shape index (κ3) is 4.03. The van der Waals surface area contributed by atoms with Crippen molar-refractivity contribution in [2.75, 3.05) is 5.73 Å². The van der Waals surface area contributed by atoms with Gasteiger partial charge in [-0.2, -0.15) is 23.4 Å². The van der Waals surface area contributed by atoms with E-state index < -0.39 is 23.5 Å². The van der Waals surface area contributed by atoms with Gasteiger partial charge in [0.05, 0.1) is 30.1 Å². The molecule has 1 amide bonds. The highest BCUT2D eigenvalue weighted by Gasteiger charge is 2.34. The fraction of sp³-hybridized carbons (Fsp3) is 0.0952. The number of nitrogens with two attached hydrogens (primary N) is 2. The van der Waals surface area contributed by atoms with E-state index in [1.165, 1.54) is 35.2 Å². The number of carbonyl (C=O) groups is 1. The first-order valence-corrected chi connectivity index (χ1v) is 9.26. The van der Waals surface area contributed by atoms with Gasteiger partial charge in [-0.3, -0.25) is 4.79 Å². The molecule has 0 bridgehead atoms. The predicted molar refractivity (Wildman–Crippen MR) is 109 cm³/mol. The Morgan fingerprint density at radius 2 is 1.94 bits per heavy atom. The van der Waals surface area contributed by atoms with E-state index in [1.54, 1.807) is 0 Å². The van der Waals surface area contributed by atoms with Gasteiger partial charge in [0.1, 0.15) is 17.0 Å². The first-order valence-electron chi connectivity index (χ1n) is 9.26. The molecule has 0 fully saturated rings. The number of nitriles is 1. The average Bonchev–Trinajstić information content (AvgIpc) is 3.15. The van der Waals surface area contributed by atoms with Gasteiger partial charge in [0.15, 0.2) is 5.65 Å². The fourth-order valence-corrected chi connectivity index (χ4v) is 3.35. The molecule has 0 aliphatic rings. The van der Waals surface area contributed by atoms with Gasteiger partial charge in [-0.15, -0.1) is 0 Å². The second kappa shape index (κ2) is 7.86. The molecule has 0 atom stereocenters. The van der Waals surface area contributed by atoms with Gasteiger partial charge in [-0.25, -0.2) is 14.4 Å². The normalized spacial score (nSPS) is 11.5. The molecule has 12 heteroatoms. The van der Waals surface area contributed by atoms with Crippen molar-refractivity contribution in [2.45, 2.75) is 12.7 Å². The summed E-state index contributed by atoms with van der Waals surface area (Å²) < 4.78 is 55.0. The van der Waals surface area contributed by atoms with Crippen molar-refractivity contribution in [1.29, 1.82) is 5.26 Å². The Morgan fingerprint density at radius 1 is 1.18 bits per heavy atom. The predicted octanol–water partition coefficient (Wildman–Crippen LogP) is 3.25. The second-order valence-corrected chi connectivity index (χ2v) is 7.03. The summed E-state index contributed by atoms with van der Waals surface area (Å²) in [5.41, 5.74) is 10.5. The minimum absolute atomic E-state index is 0.0554. The van der Waals surface area contributed by atoms with E-state index in [-0.39, 0.29) is 46.0 Å². The number of nitrogen functional groups attached to an aromatic ring is 1. The number of benzene rings is 2. The molecule has 2 aromatic carbocycles. The van der Waals surface area contributed by atoms with Crippen molar-refractivity contribution in [2.24, 2.45) is 5.73 Å². The van der Waals surface area contributed by atoms with Crippen molar-refractivity contribution >= 4 is 23.0 Å². The zero-order valence-corrected chi connectivity index (χ0v) is 16.6. The number of carbonyl (C=O) groups excluding carboxylic acids is 1. The summed E-state index contributed by atoms with van der Waals surface area (Å²) in [5, 5.41) is 9.26. The van der Waals surface area contributed by atoms with Crippen LogP contribution in [0.2, 0.25) is 0 Å². The molecule has 8 nitrogen and oxygen atoms in total. The molecule has 2 heterocycles. The Hall–Kier alpha value is -4.53. The Bertz CT molecular complexity index is 1450. The van der Waals surface area contributed by atoms with Crippen molar-refractivity contribution in [3.05, 3.63) is 70.8 Å². The Labute approximate surface area is 183 Å². The number of imidazole rings is 1. The van der Waals surface area contributed by atoms with Gasteiger partial charge in [-0.1, -0.05) is 12.1 Å². The molecule has 4 N–H and O–H groups in total.